The Labute approximate surface area is 83.0 Å². The second kappa shape index (κ2) is 3.57. The van der Waals surface area contributed by atoms with Crippen molar-refractivity contribution in [1.29, 1.82) is 0 Å². The predicted molar refractivity (Wildman–Crippen MR) is 50.8 cm³/mol. The topological polar surface area (TPSA) is 52.7 Å². The van der Waals surface area contributed by atoms with Crippen LogP contribution in [0.1, 0.15) is 12.8 Å². The van der Waals surface area contributed by atoms with Crippen LogP contribution in [0.3, 0.4) is 0 Å². The maximum absolute atomic E-state index is 11.5. The minimum Gasteiger partial charge on any atom is -0.313 e. The summed E-state index contributed by atoms with van der Waals surface area (Å²) in [5.41, 5.74) is 0. The molecule has 0 aromatic heterocycles. The van der Waals surface area contributed by atoms with Gasteiger partial charge in [-0.15, -0.1) is 0 Å². The molecule has 1 unspecified atom stereocenters. The van der Waals surface area contributed by atoms with Gasteiger partial charge in [-0.2, -0.15) is 0 Å². The minimum atomic E-state index is -0.163. The van der Waals surface area contributed by atoms with Gasteiger partial charge in [-0.1, -0.05) is 0 Å². The van der Waals surface area contributed by atoms with Gasteiger partial charge in [-0.25, -0.2) is 4.79 Å². The molecule has 2 rings (SSSR count). The monoisotopic (exact) mass is 197 g/mol. The molecule has 0 bridgehead atoms. The smallest absolute Gasteiger partial charge is 0.313 e. The van der Waals surface area contributed by atoms with E-state index in [2.05, 4.69) is 5.32 Å². The average Bonchev–Trinajstić information content (AvgIpc) is 2.73. The summed E-state index contributed by atoms with van der Waals surface area (Å²) in [6.45, 7) is 1.93. The summed E-state index contributed by atoms with van der Waals surface area (Å²) in [5, 5.41) is 3.31. The van der Waals surface area contributed by atoms with Crippen molar-refractivity contribution in [3.8, 4) is 0 Å². The molecule has 0 spiro atoms. The summed E-state index contributed by atoms with van der Waals surface area (Å²) in [6.07, 6.45) is 2.26. The average molecular weight is 197 g/mol. The highest BCUT2D eigenvalue weighted by molar-refractivity contribution is 6.01. The van der Waals surface area contributed by atoms with Crippen LogP contribution in [0.25, 0.3) is 0 Å². The Morgan fingerprint density at radius 1 is 1.50 bits per heavy atom. The third-order valence-electron chi connectivity index (χ3n) is 2.86. The third-order valence-corrected chi connectivity index (χ3v) is 2.86. The van der Waals surface area contributed by atoms with Crippen LogP contribution in [0.4, 0.5) is 4.79 Å². The maximum atomic E-state index is 11.5. The number of likely N-dealkylation sites (N-methyl/N-ethyl adjacent to an activating group) is 1. The first-order chi connectivity index (χ1) is 6.68. The Balaban J connectivity index is 1.92. The molecular weight excluding hydrogens is 182 g/mol. The first-order valence-electron chi connectivity index (χ1n) is 4.97. The molecule has 2 heterocycles. The molecule has 0 aromatic rings. The molecule has 0 radical (unpaired) electrons. The van der Waals surface area contributed by atoms with Gasteiger partial charge in [0.05, 0.1) is 0 Å². The summed E-state index contributed by atoms with van der Waals surface area (Å²) in [7, 11) is 1.53. The fourth-order valence-electron chi connectivity index (χ4n) is 1.98. The number of urea groups is 1. The summed E-state index contributed by atoms with van der Waals surface area (Å²) < 4.78 is 0. The normalized spacial score (nSPS) is 27.9. The van der Waals surface area contributed by atoms with Crippen molar-refractivity contribution < 1.29 is 9.59 Å². The fourth-order valence-corrected chi connectivity index (χ4v) is 1.98. The van der Waals surface area contributed by atoms with E-state index in [0.717, 1.165) is 19.4 Å². The van der Waals surface area contributed by atoms with Crippen LogP contribution < -0.4 is 5.32 Å². The van der Waals surface area contributed by atoms with Crippen LogP contribution in [0.15, 0.2) is 0 Å². The van der Waals surface area contributed by atoms with Gasteiger partial charge < -0.3 is 10.2 Å². The molecule has 0 saturated carbocycles. The molecule has 3 amide bonds. The van der Waals surface area contributed by atoms with Gasteiger partial charge >= 0.3 is 6.03 Å². The van der Waals surface area contributed by atoms with Crippen LogP contribution in [0, 0.1) is 0 Å². The number of hydrogen-bond acceptors (Lipinski definition) is 3. The quantitative estimate of drug-likeness (QED) is 0.615. The van der Waals surface area contributed by atoms with Crippen molar-refractivity contribution in [3.05, 3.63) is 0 Å². The molecule has 1 atom stereocenters. The van der Waals surface area contributed by atoms with Crippen LogP contribution in [0.2, 0.25) is 0 Å². The number of rotatable bonds is 2. The van der Waals surface area contributed by atoms with E-state index in [1.54, 1.807) is 4.90 Å². The van der Waals surface area contributed by atoms with E-state index in [4.69, 9.17) is 0 Å². The molecule has 78 valence electrons. The number of hydrogen-bond donors (Lipinski definition) is 1. The van der Waals surface area contributed by atoms with E-state index in [1.165, 1.54) is 11.9 Å². The van der Waals surface area contributed by atoms with Gasteiger partial charge in [0.2, 0.25) is 5.91 Å². The number of carbonyl (C=O) groups excluding carboxylic acids is 2. The lowest BCUT2D eigenvalue weighted by Gasteiger charge is -2.19. The molecule has 5 nitrogen and oxygen atoms in total. The van der Waals surface area contributed by atoms with E-state index in [1.807, 2.05) is 0 Å². The molecule has 0 aromatic carbocycles. The van der Waals surface area contributed by atoms with Crippen LogP contribution >= 0.6 is 0 Å². The van der Waals surface area contributed by atoms with Gasteiger partial charge in [0.1, 0.15) is 6.54 Å². The van der Waals surface area contributed by atoms with Gasteiger partial charge in [0.15, 0.2) is 0 Å². The second-order valence-electron chi connectivity index (χ2n) is 3.91. The Morgan fingerprint density at radius 3 is 2.79 bits per heavy atom. The Bertz CT molecular complexity index is 261. The highest BCUT2D eigenvalue weighted by Gasteiger charge is 2.34. The zero-order valence-corrected chi connectivity index (χ0v) is 8.32. The summed E-state index contributed by atoms with van der Waals surface area (Å²) in [6, 6.07) is 0.210. The zero-order chi connectivity index (χ0) is 10.1. The molecule has 2 fully saturated rings. The number of nitrogens with one attached hydrogen (secondary N) is 1. The molecule has 0 aliphatic carbocycles. The number of imide groups is 1. The van der Waals surface area contributed by atoms with Crippen LogP contribution in [-0.4, -0.2) is 54.5 Å². The summed E-state index contributed by atoms with van der Waals surface area (Å²) in [5.74, 6) is -0.104. The van der Waals surface area contributed by atoms with Crippen molar-refractivity contribution in [2.75, 3.05) is 26.7 Å². The maximum Gasteiger partial charge on any atom is 0.327 e. The number of nitrogens with zero attached hydrogens (tertiary/aromatic N) is 2. The predicted octanol–water partition coefficient (Wildman–Crippen LogP) is -0.368. The molecule has 1 N–H and O–H groups in total. The van der Waals surface area contributed by atoms with Gasteiger partial charge in [0, 0.05) is 19.6 Å². The van der Waals surface area contributed by atoms with Gasteiger partial charge in [-0.3, -0.25) is 9.69 Å². The van der Waals surface area contributed by atoms with Crippen molar-refractivity contribution in [3.63, 3.8) is 0 Å². The van der Waals surface area contributed by atoms with E-state index in [9.17, 15) is 9.59 Å². The Hall–Kier alpha value is -1.10. The summed E-state index contributed by atoms with van der Waals surface area (Å²) in [4.78, 5) is 25.5. The third kappa shape index (κ3) is 1.59. The molecule has 2 aliphatic heterocycles. The molecule has 2 aliphatic rings. The second-order valence-corrected chi connectivity index (χ2v) is 3.91. The number of carbonyl (C=O) groups is 2. The van der Waals surface area contributed by atoms with Gasteiger partial charge in [0.25, 0.3) is 0 Å². The van der Waals surface area contributed by atoms with E-state index in [-0.39, 0.29) is 18.5 Å². The Kier molecular flexibility index (Phi) is 2.41. The van der Waals surface area contributed by atoms with E-state index < -0.39 is 0 Å². The van der Waals surface area contributed by atoms with Crippen molar-refractivity contribution in [2.45, 2.75) is 18.9 Å². The first-order valence-corrected chi connectivity index (χ1v) is 4.97. The molecule has 14 heavy (non-hydrogen) atoms. The van der Waals surface area contributed by atoms with Crippen molar-refractivity contribution in [1.82, 2.24) is 15.1 Å². The lowest BCUT2D eigenvalue weighted by Crippen LogP contribution is -2.39. The lowest BCUT2D eigenvalue weighted by atomic mass is 10.2. The lowest BCUT2D eigenvalue weighted by molar-refractivity contribution is -0.124. The first kappa shape index (κ1) is 9.45. The SMILES string of the molecule is CN1C(=O)CN(CC2CCCN2)C1=O. The number of amides is 3. The standard InChI is InChI=1S/C9H15N3O2/c1-11-8(13)6-12(9(11)14)5-7-3-2-4-10-7/h7,10H,2-6H2,1H3. The summed E-state index contributed by atoms with van der Waals surface area (Å²) >= 11 is 0. The van der Waals surface area contributed by atoms with Crippen molar-refractivity contribution in [2.24, 2.45) is 0 Å². The van der Waals surface area contributed by atoms with E-state index >= 15 is 0 Å². The van der Waals surface area contributed by atoms with E-state index in [0.29, 0.717) is 12.6 Å². The van der Waals surface area contributed by atoms with Crippen molar-refractivity contribution >= 4 is 11.9 Å². The molecule has 2 saturated heterocycles. The Morgan fingerprint density at radius 2 is 2.29 bits per heavy atom. The fraction of sp³-hybridized carbons (Fsp3) is 0.778. The molecule has 5 heteroatoms. The van der Waals surface area contributed by atoms with Gasteiger partial charge in [-0.05, 0) is 19.4 Å². The van der Waals surface area contributed by atoms with Crippen LogP contribution in [0.5, 0.6) is 0 Å². The minimum absolute atomic E-state index is 0.104. The highest BCUT2D eigenvalue weighted by atomic mass is 16.2. The molecular formula is C9H15N3O2. The zero-order valence-electron chi connectivity index (χ0n) is 8.32. The highest BCUT2D eigenvalue weighted by Crippen LogP contribution is 2.12. The largest absolute Gasteiger partial charge is 0.327 e. The van der Waals surface area contributed by atoms with Crippen LogP contribution in [-0.2, 0) is 4.79 Å².